The number of carbonyl (C=O) groups is 2. The van der Waals surface area contributed by atoms with E-state index in [0.29, 0.717) is 47.7 Å². The SMILES string of the molecule is O=C(CC1(COc2ccc(Cl)cc2)CCCN(C(=O)COc2ccc(Cl)cc2)C1)N1CCCCC1. The monoisotopic (exact) mass is 518 g/mol. The van der Waals surface area contributed by atoms with Gasteiger partial charge in [-0.2, -0.15) is 0 Å². The van der Waals surface area contributed by atoms with E-state index in [0.717, 1.165) is 38.8 Å². The van der Waals surface area contributed by atoms with E-state index >= 15 is 0 Å². The summed E-state index contributed by atoms with van der Waals surface area (Å²) in [7, 11) is 0. The Morgan fingerprint density at radius 1 is 0.743 bits per heavy atom. The smallest absolute Gasteiger partial charge is 0.260 e. The first kappa shape index (κ1) is 25.6. The van der Waals surface area contributed by atoms with Crippen LogP contribution in [0.3, 0.4) is 0 Å². The Morgan fingerprint density at radius 2 is 1.31 bits per heavy atom. The summed E-state index contributed by atoms with van der Waals surface area (Å²) in [6.07, 6.45) is 5.26. The largest absolute Gasteiger partial charge is 0.493 e. The first-order valence-electron chi connectivity index (χ1n) is 12.2. The number of amides is 2. The van der Waals surface area contributed by atoms with Gasteiger partial charge in [-0.1, -0.05) is 23.2 Å². The topological polar surface area (TPSA) is 59.1 Å². The molecule has 0 spiro atoms. The maximum Gasteiger partial charge on any atom is 0.260 e. The van der Waals surface area contributed by atoms with E-state index in [1.54, 1.807) is 36.4 Å². The van der Waals surface area contributed by atoms with Crippen molar-refractivity contribution < 1.29 is 19.1 Å². The van der Waals surface area contributed by atoms with Gasteiger partial charge in [0.1, 0.15) is 11.5 Å². The van der Waals surface area contributed by atoms with E-state index in [-0.39, 0.29) is 18.4 Å². The Hall–Kier alpha value is -2.44. The number of hydrogen-bond acceptors (Lipinski definition) is 4. The van der Waals surface area contributed by atoms with Gasteiger partial charge < -0.3 is 19.3 Å². The van der Waals surface area contributed by atoms with E-state index in [2.05, 4.69) is 0 Å². The molecule has 1 atom stereocenters. The van der Waals surface area contributed by atoms with E-state index in [4.69, 9.17) is 32.7 Å². The minimum Gasteiger partial charge on any atom is -0.493 e. The average molecular weight is 519 g/mol. The summed E-state index contributed by atoms with van der Waals surface area (Å²) in [6.45, 7) is 3.02. The zero-order chi connectivity index (χ0) is 24.7. The third-order valence-electron chi connectivity index (χ3n) is 6.78. The lowest BCUT2D eigenvalue weighted by molar-refractivity contribution is -0.143. The molecule has 4 rings (SSSR count). The van der Waals surface area contributed by atoms with E-state index in [1.807, 2.05) is 21.9 Å². The molecule has 6 nitrogen and oxygen atoms in total. The Balaban J connectivity index is 1.43. The Labute approximate surface area is 217 Å². The van der Waals surface area contributed by atoms with Crippen LogP contribution in [0.5, 0.6) is 11.5 Å². The summed E-state index contributed by atoms with van der Waals surface area (Å²) in [5.74, 6) is 1.35. The highest BCUT2D eigenvalue weighted by Crippen LogP contribution is 2.36. The number of likely N-dealkylation sites (tertiary alicyclic amines) is 2. The van der Waals surface area contributed by atoms with Gasteiger partial charge >= 0.3 is 0 Å². The van der Waals surface area contributed by atoms with Gasteiger partial charge in [-0.3, -0.25) is 9.59 Å². The van der Waals surface area contributed by atoms with Crippen molar-refractivity contribution in [2.75, 3.05) is 39.4 Å². The van der Waals surface area contributed by atoms with Crippen molar-refractivity contribution in [3.63, 3.8) is 0 Å². The Morgan fingerprint density at radius 3 is 1.94 bits per heavy atom. The highest BCUT2D eigenvalue weighted by atomic mass is 35.5. The number of halogens is 2. The number of nitrogens with zero attached hydrogens (tertiary/aromatic N) is 2. The number of benzene rings is 2. The average Bonchev–Trinajstić information content (AvgIpc) is 2.88. The zero-order valence-corrected chi connectivity index (χ0v) is 21.4. The molecule has 35 heavy (non-hydrogen) atoms. The lowest BCUT2D eigenvalue weighted by atomic mass is 9.77. The van der Waals surface area contributed by atoms with Crippen molar-refractivity contribution in [2.45, 2.75) is 38.5 Å². The van der Waals surface area contributed by atoms with E-state index < -0.39 is 5.41 Å². The van der Waals surface area contributed by atoms with Crippen LogP contribution in [-0.2, 0) is 9.59 Å². The fraction of sp³-hybridized carbons (Fsp3) is 0.481. The van der Waals surface area contributed by atoms with Gasteiger partial charge in [0, 0.05) is 48.1 Å². The van der Waals surface area contributed by atoms with Gasteiger partial charge in [-0.15, -0.1) is 0 Å². The normalized spacial score (nSPS) is 20.4. The second-order valence-corrected chi connectivity index (χ2v) is 10.4. The molecule has 0 N–H and O–H groups in total. The van der Waals surface area contributed by atoms with Crippen molar-refractivity contribution >= 4 is 35.0 Å². The zero-order valence-electron chi connectivity index (χ0n) is 19.9. The number of carbonyl (C=O) groups excluding carboxylic acids is 2. The van der Waals surface area contributed by atoms with Crippen LogP contribution in [0, 0.1) is 5.41 Å². The molecule has 2 aliphatic heterocycles. The van der Waals surface area contributed by atoms with Crippen molar-refractivity contribution in [1.82, 2.24) is 9.80 Å². The van der Waals surface area contributed by atoms with E-state index in [9.17, 15) is 9.59 Å². The molecule has 1 unspecified atom stereocenters. The Kier molecular flexibility index (Phi) is 8.79. The van der Waals surface area contributed by atoms with Crippen molar-refractivity contribution in [1.29, 1.82) is 0 Å². The number of ether oxygens (including phenoxy) is 2. The van der Waals surface area contributed by atoms with Crippen LogP contribution in [0.25, 0.3) is 0 Å². The molecule has 2 saturated heterocycles. The van der Waals surface area contributed by atoms with Gasteiger partial charge in [0.05, 0.1) is 6.61 Å². The quantitative estimate of drug-likeness (QED) is 0.465. The second-order valence-electron chi connectivity index (χ2n) is 9.52. The molecular weight excluding hydrogens is 487 g/mol. The maximum atomic E-state index is 13.3. The number of rotatable bonds is 8. The first-order valence-corrected chi connectivity index (χ1v) is 13.0. The van der Waals surface area contributed by atoms with Crippen LogP contribution < -0.4 is 9.47 Å². The highest BCUT2D eigenvalue weighted by Gasteiger charge is 2.41. The van der Waals surface area contributed by atoms with Gasteiger partial charge in [-0.05, 0) is 80.6 Å². The third-order valence-corrected chi connectivity index (χ3v) is 7.29. The lowest BCUT2D eigenvalue weighted by Gasteiger charge is -2.43. The predicted molar refractivity (Wildman–Crippen MR) is 137 cm³/mol. The summed E-state index contributed by atoms with van der Waals surface area (Å²) in [5.41, 5.74) is -0.456. The molecule has 0 radical (unpaired) electrons. The molecular formula is C27H32Cl2N2O4. The minimum absolute atomic E-state index is 0.0597. The van der Waals surface area contributed by atoms with Crippen LogP contribution in [-0.4, -0.2) is 61.0 Å². The van der Waals surface area contributed by atoms with Crippen molar-refractivity contribution in [2.24, 2.45) is 5.41 Å². The molecule has 188 valence electrons. The molecule has 0 aliphatic carbocycles. The first-order chi connectivity index (χ1) is 16.9. The summed E-state index contributed by atoms with van der Waals surface area (Å²) in [5, 5.41) is 1.26. The van der Waals surface area contributed by atoms with Crippen LogP contribution in [0.15, 0.2) is 48.5 Å². The number of hydrogen-bond donors (Lipinski definition) is 0. The minimum atomic E-state index is -0.456. The molecule has 0 aromatic heterocycles. The molecule has 8 heteroatoms. The van der Waals surface area contributed by atoms with E-state index in [1.165, 1.54) is 6.42 Å². The molecule has 2 amide bonds. The third kappa shape index (κ3) is 7.28. The summed E-state index contributed by atoms with van der Waals surface area (Å²) < 4.78 is 11.8. The molecule has 2 fully saturated rings. The lowest BCUT2D eigenvalue weighted by Crippen LogP contribution is -2.52. The molecule has 0 bridgehead atoms. The summed E-state index contributed by atoms with van der Waals surface area (Å²) in [4.78, 5) is 30.1. The van der Waals surface area contributed by atoms with Crippen LogP contribution in [0.4, 0.5) is 0 Å². The summed E-state index contributed by atoms with van der Waals surface area (Å²) >= 11 is 11.9. The fourth-order valence-electron chi connectivity index (χ4n) is 4.84. The van der Waals surface area contributed by atoms with Crippen LogP contribution in [0.2, 0.25) is 10.0 Å². The molecule has 2 heterocycles. The van der Waals surface area contributed by atoms with Gasteiger partial charge in [0.2, 0.25) is 5.91 Å². The van der Waals surface area contributed by atoms with Crippen molar-refractivity contribution in [3.05, 3.63) is 58.6 Å². The Bertz CT molecular complexity index is 993. The fourth-order valence-corrected chi connectivity index (χ4v) is 5.10. The maximum absolute atomic E-state index is 13.3. The van der Waals surface area contributed by atoms with Gasteiger partial charge in [-0.25, -0.2) is 0 Å². The van der Waals surface area contributed by atoms with Crippen LogP contribution >= 0.6 is 23.2 Å². The van der Waals surface area contributed by atoms with Gasteiger partial charge in [0.15, 0.2) is 6.61 Å². The molecule has 2 aliphatic rings. The predicted octanol–water partition coefficient (Wildman–Crippen LogP) is 5.46. The molecule has 0 saturated carbocycles. The van der Waals surface area contributed by atoms with Crippen molar-refractivity contribution in [3.8, 4) is 11.5 Å². The molecule has 2 aromatic rings. The number of piperidine rings is 2. The van der Waals surface area contributed by atoms with Crippen LogP contribution in [0.1, 0.15) is 38.5 Å². The highest BCUT2D eigenvalue weighted by molar-refractivity contribution is 6.30. The summed E-state index contributed by atoms with van der Waals surface area (Å²) in [6, 6.07) is 14.2. The standard InChI is InChI=1S/C27H32Cl2N2O4/c28-21-5-9-23(10-6-21)34-18-26(33)31-16-4-13-27(19-31,17-25(32)30-14-2-1-3-15-30)20-35-24-11-7-22(29)8-12-24/h5-12H,1-4,13-20H2. The molecule has 2 aromatic carbocycles. The van der Waals surface area contributed by atoms with Gasteiger partial charge in [0.25, 0.3) is 5.91 Å². The second kappa shape index (κ2) is 12.0.